The molecule has 30 heavy (non-hydrogen) atoms. The van der Waals surface area contributed by atoms with Crippen LogP contribution in [0.4, 0.5) is 4.79 Å². The smallest absolute Gasteiger partial charge is 0.418 e. The molecule has 1 aliphatic carbocycles. The van der Waals surface area contributed by atoms with Crippen molar-refractivity contribution in [3.05, 3.63) is 70.9 Å². The van der Waals surface area contributed by atoms with Crippen molar-refractivity contribution in [2.45, 2.75) is 39.5 Å². The van der Waals surface area contributed by atoms with Gasteiger partial charge >= 0.3 is 12.1 Å². The summed E-state index contributed by atoms with van der Waals surface area (Å²) in [7, 11) is 1.44. The van der Waals surface area contributed by atoms with E-state index in [1.54, 1.807) is 11.5 Å². The molecule has 0 unspecified atom stereocenters. The lowest BCUT2D eigenvalue weighted by Gasteiger charge is -2.39. The molecule has 0 bridgehead atoms. The Kier molecular flexibility index (Phi) is 5.14. The lowest BCUT2D eigenvalue weighted by Crippen LogP contribution is -2.42. The van der Waals surface area contributed by atoms with Gasteiger partial charge in [0.15, 0.2) is 0 Å². The van der Waals surface area contributed by atoms with Crippen LogP contribution in [0.25, 0.3) is 10.9 Å². The maximum absolute atomic E-state index is 13.0. The van der Waals surface area contributed by atoms with Gasteiger partial charge in [-0.05, 0) is 50.8 Å². The number of fused-ring (bicyclic) bond motifs is 3. The van der Waals surface area contributed by atoms with Crippen molar-refractivity contribution in [1.29, 1.82) is 0 Å². The number of aryl methyl sites for hydroxylation is 1. The topological polar surface area (TPSA) is 57.5 Å². The number of carbonyl (C=O) groups excluding carboxylic acids is 2. The van der Waals surface area contributed by atoms with E-state index < -0.39 is 5.41 Å². The molecular weight excluding hydrogens is 378 g/mol. The third-order valence-electron chi connectivity index (χ3n) is 6.38. The molecule has 1 aliphatic rings. The third kappa shape index (κ3) is 3.09. The van der Waals surface area contributed by atoms with Crippen LogP contribution in [-0.2, 0) is 27.1 Å². The first-order valence-corrected chi connectivity index (χ1v) is 10.3. The Morgan fingerprint density at radius 3 is 2.50 bits per heavy atom. The number of para-hydroxylation sites is 1. The van der Waals surface area contributed by atoms with Crippen LogP contribution in [0.15, 0.2) is 48.5 Å². The Morgan fingerprint density at radius 2 is 1.83 bits per heavy atom. The van der Waals surface area contributed by atoms with Crippen molar-refractivity contribution in [1.82, 2.24) is 4.57 Å². The van der Waals surface area contributed by atoms with Gasteiger partial charge in [0.05, 0.1) is 24.6 Å². The molecule has 1 aromatic heterocycles. The van der Waals surface area contributed by atoms with Crippen molar-refractivity contribution >= 4 is 23.0 Å². The number of ether oxygens (including phenoxy) is 2. The van der Waals surface area contributed by atoms with Gasteiger partial charge in [0.1, 0.15) is 0 Å². The fourth-order valence-corrected chi connectivity index (χ4v) is 4.81. The van der Waals surface area contributed by atoms with Gasteiger partial charge in [-0.15, -0.1) is 0 Å². The van der Waals surface area contributed by atoms with Crippen molar-refractivity contribution in [2.24, 2.45) is 5.41 Å². The van der Waals surface area contributed by atoms with Crippen LogP contribution >= 0.6 is 0 Å². The first-order valence-electron chi connectivity index (χ1n) is 10.3. The molecule has 0 radical (unpaired) electrons. The number of hydrogen-bond donors (Lipinski definition) is 0. The van der Waals surface area contributed by atoms with E-state index in [0.717, 1.165) is 33.3 Å². The van der Waals surface area contributed by atoms with E-state index in [2.05, 4.69) is 24.3 Å². The van der Waals surface area contributed by atoms with E-state index in [0.29, 0.717) is 19.4 Å². The van der Waals surface area contributed by atoms with E-state index in [1.165, 1.54) is 7.11 Å². The summed E-state index contributed by atoms with van der Waals surface area (Å²) in [6, 6.07) is 16.1. The van der Waals surface area contributed by atoms with Crippen LogP contribution in [0.3, 0.4) is 0 Å². The predicted octanol–water partition coefficient (Wildman–Crippen LogP) is 5.02. The fraction of sp³-hybridized carbons (Fsp3) is 0.360. The second kappa shape index (κ2) is 7.63. The molecule has 5 heteroatoms. The maximum Gasteiger partial charge on any atom is 0.418 e. The lowest BCUT2D eigenvalue weighted by atomic mass is 9.64. The molecule has 1 heterocycles. The summed E-state index contributed by atoms with van der Waals surface area (Å²) < 4.78 is 12.3. The zero-order chi connectivity index (χ0) is 21.5. The highest BCUT2D eigenvalue weighted by atomic mass is 16.5. The summed E-state index contributed by atoms with van der Waals surface area (Å²) in [5.74, 6) is -0.345. The lowest BCUT2D eigenvalue weighted by molar-refractivity contribution is -0.153. The summed E-state index contributed by atoms with van der Waals surface area (Å²) in [6.45, 7) is 6.13. The summed E-state index contributed by atoms with van der Waals surface area (Å²) in [5.41, 5.74) is 4.25. The van der Waals surface area contributed by atoms with E-state index in [1.807, 2.05) is 38.1 Å². The summed E-state index contributed by atoms with van der Waals surface area (Å²) in [6.07, 6.45) is 0.678. The average Bonchev–Trinajstić information content (AvgIpc) is 3.06. The Labute approximate surface area is 176 Å². The zero-order valence-electron chi connectivity index (χ0n) is 17.9. The number of aromatic nitrogens is 1. The summed E-state index contributed by atoms with van der Waals surface area (Å²) >= 11 is 0. The molecule has 0 spiro atoms. The van der Waals surface area contributed by atoms with Crippen molar-refractivity contribution in [3.8, 4) is 0 Å². The summed E-state index contributed by atoms with van der Waals surface area (Å²) in [5, 5.41) is 0.984. The van der Waals surface area contributed by atoms with Gasteiger partial charge in [0, 0.05) is 17.0 Å². The van der Waals surface area contributed by atoms with Crippen LogP contribution < -0.4 is 0 Å². The highest BCUT2D eigenvalue weighted by Crippen LogP contribution is 2.49. The molecule has 0 amide bonds. The van der Waals surface area contributed by atoms with E-state index >= 15 is 0 Å². The normalized spacial score (nSPS) is 20.6. The first-order chi connectivity index (χ1) is 14.4. The Hall–Kier alpha value is -3.08. The SMILES string of the molecule is CCOC(=O)n1c2c(c3ccccc31)C[C@@](C)(C(=O)OC)[C@@H](c1ccc(C)cc1)C2. The van der Waals surface area contributed by atoms with Crippen LogP contribution in [0, 0.1) is 12.3 Å². The van der Waals surface area contributed by atoms with Crippen LogP contribution in [0.1, 0.15) is 42.1 Å². The molecular formula is C25H27NO4. The number of methoxy groups -OCH3 is 1. The van der Waals surface area contributed by atoms with Gasteiger partial charge in [-0.1, -0.05) is 48.0 Å². The first kappa shape index (κ1) is 20.2. The second-order valence-corrected chi connectivity index (χ2v) is 8.23. The molecule has 0 N–H and O–H groups in total. The zero-order valence-corrected chi connectivity index (χ0v) is 17.9. The van der Waals surface area contributed by atoms with E-state index in [9.17, 15) is 9.59 Å². The number of rotatable bonds is 3. The largest absolute Gasteiger partial charge is 0.469 e. The molecule has 2 atom stereocenters. The molecule has 5 nitrogen and oxygen atoms in total. The highest BCUT2D eigenvalue weighted by molar-refractivity contribution is 5.95. The molecule has 2 aromatic carbocycles. The van der Waals surface area contributed by atoms with E-state index in [4.69, 9.17) is 9.47 Å². The number of hydrogen-bond acceptors (Lipinski definition) is 4. The predicted molar refractivity (Wildman–Crippen MR) is 116 cm³/mol. The second-order valence-electron chi connectivity index (χ2n) is 8.23. The molecule has 0 saturated carbocycles. The minimum Gasteiger partial charge on any atom is -0.469 e. The molecule has 0 saturated heterocycles. The van der Waals surface area contributed by atoms with Gasteiger partial charge in [-0.3, -0.25) is 4.79 Å². The highest BCUT2D eigenvalue weighted by Gasteiger charge is 2.48. The Bertz CT molecular complexity index is 1110. The van der Waals surface area contributed by atoms with E-state index in [-0.39, 0.29) is 18.0 Å². The quantitative estimate of drug-likeness (QED) is 0.575. The third-order valence-corrected chi connectivity index (χ3v) is 6.38. The van der Waals surface area contributed by atoms with Gasteiger partial charge in [-0.2, -0.15) is 0 Å². The maximum atomic E-state index is 13.0. The van der Waals surface area contributed by atoms with Crippen molar-refractivity contribution < 1.29 is 19.1 Å². The minimum atomic E-state index is -0.735. The number of nitrogens with zero attached hydrogens (tertiary/aromatic N) is 1. The fourth-order valence-electron chi connectivity index (χ4n) is 4.81. The van der Waals surface area contributed by atoms with Gasteiger partial charge in [0.2, 0.25) is 0 Å². The minimum absolute atomic E-state index is 0.115. The Morgan fingerprint density at radius 1 is 1.13 bits per heavy atom. The molecule has 156 valence electrons. The number of carbonyl (C=O) groups is 2. The van der Waals surface area contributed by atoms with Crippen LogP contribution in [0.2, 0.25) is 0 Å². The standard InChI is InChI=1S/C25H27NO4/c1-5-30-24(28)26-21-9-7-6-8-18(21)19-15-25(3,23(27)29-4)20(14-22(19)26)17-12-10-16(2)11-13-17/h6-13,20H,5,14-15H2,1-4H3/t20-,25-/m1/s1. The summed E-state index contributed by atoms with van der Waals surface area (Å²) in [4.78, 5) is 25.9. The van der Waals surface area contributed by atoms with Crippen LogP contribution in [-0.4, -0.2) is 30.3 Å². The Balaban J connectivity index is 1.94. The van der Waals surface area contributed by atoms with Crippen molar-refractivity contribution in [3.63, 3.8) is 0 Å². The number of benzene rings is 2. The average molecular weight is 405 g/mol. The molecule has 0 fully saturated rings. The number of esters is 1. The van der Waals surface area contributed by atoms with Gasteiger partial charge in [0.25, 0.3) is 0 Å². The molecule has 3 aromatic rings. The molecule has 0 aliphatic heterocycles. The van der Waals surface area contributed by atoms with Crippen LogP contribution in [0.5, 0.6) is 0 Å². The molecule has 4 rings (SSSR count). The van der Waals surface area contributed by atoms with Gasteiger partial charge < -0.3 is 9.47 Å². The monoisotopic (exact) mass is 405 g/mol. The van der Waals surface area contributed by atoms with Gasteiger partial charge in [-0.25, -0.2) is 9.36 Å². The van der Waals surface area contributed by atoms with Crippen molar-refractivity contribution in [2.75, 3.05) is 13.7 Å².